The zero-order valence-corrected chi connectivity index (χ0v) is 10.8. The predicted octanol–water partition coefficient (Wildman–Crippen LogP) is 2.35. The zero-order chi connectivity index (χ0) is 11.9. The first-order valence-electron chi connectivity index (χ1n) is 6.64. The molecule has 0 aromatic rings. The van der Waals surface area contributed by atoms with E-state index in [4.69, 9.17) is 0 Å². The van der Waals surface area contributed by atoms with Gasteiger partial charge in [0.1, 0.15) is 0 Å². The molecule has 0 fully saturated rings. The molecule has 1 rings (SSSR count). The lowest BCUT2D eigenvalue weighted by Crippen LogP contribution is -2.39. The number of aliphatic imine (C=N–C) groups is 1. The van der Waals surface area contributed by atoms with Crippen LogP contribution in [-0.4, -0.2) is 30.6 Å². The number of aliphatic hydroxyl groups excluding tert-OH is 1. The van der Waals surface area contributed by atoms with Gasteiger partial charge in [0.05, 0.1) is 12.4 Å². The van der Waals surface area contributed by atoms with Crippen molar-refractivity contribution in [2.75, 3.05) is 19.7 Å². The third-order valence-corrected chi connectivity index (χ3v) is 3.88. The first-order valence-corrected chi connectivity index (χ1v) is 6.64. The highest BCUT2D eigenvalue weighted by molar-refractivity contribution is 5.82. The van der Waals surface area contributed by atoms with E-state index in [-0.39, 0.29) is 12.0 Å². The smallest absolute Gasteiger partial charge is 0.0963 e. The van der Waals surface area contributed by atoms with E-state index in [1.807, 2.05) is 0 Å². The summed E-state index contributed by atoms with van der Waals surface area (Å²) in [5.74, 6) is 1.15. The Labute approximate surface area is 99.4 Å². The molecule has 0 aromatic heterocycles. The summed E-state index contributed by atoms with van der Waals surface area (Å²) in [5, 5.41) is 12.9. The van der Waals surface area contributed by atoms with Crippen molar-refractivity contribution in [2.45, 2.75) is 52.4 Å². The van der Waals surface area contributed by atoms with Gasteiger partial charge < -0.3 is 10.4 Å². The van der Waals surface area contributed by atoms with Gasteiger partial charge in [0, 0.05) is 24.9 Å². The second-order valence-corrected chi connectivity index (χ2v) is 4.86. The molecule has 3 heteroatoms. The van der Waals surface area contributed by atoms with E-state index in [0.29, 0.717) is 0 Å². The number of amidine groups is 1. The summed E-state index contributed by atoms with van der Waals surface area (Å²) in [7, 11) is 0. The fourth-order valence-electron chi connectivity index (χ4n) is 2.09. The fourth-order valence-corrected chi connectivity index (χ4v) is 2.09. The molecule has 0 aliphatic carbocycles. The Hall–Kier alpha value is -0.570. The van der Waals surface area contributed by atoms with Crippen molar-refractivity contribution in [2.24, 2.45) is 10.4 Å². The van der Waals surface area contributed by atoms with Crippen LogP contribution in [0.4, 0.5) is 0 Å². The topological polar surface area (TPSA) is 44.6 Å². The van der Waals surface area contributed by atoms with Crippen molar-refractivity contribution < 1.29 is 5.11 Å². The van der Waals surface area contributed by atoms with Crippen LogP contribution in [0.15, 0.2) is 4.99 Å². The van der Waals surface area contributed by atoms with Crippen LogP contribution >= 0.6 is 0 Å². The lowest BCUT2D eigenvalue weighted by atomic mass is 9.83. The second kappa shape index (κ2) is 6.89. The van der Waals surface area contributed by atoms with Crippen molar-refractivity contribution in [3.8, 4) is 0 Å². The Kier molecular flexibility index (Phi) is 5.81. The highest BCUT2D eigenvalue weighted by Gasteiger charge is 2.25. The third kappa shape index (κ3) is 3.78. The van der Waals surface area contributed by atoms with E-state index in [1.165, 1.54) is 19.3 Å². The van der Waals surface area contributed by atoms with Crippen LogP contribution in [0.1, 0.15) is 52.4 Å². The Morgan fingerprint density at radius 1 is 1.25 bits per heavy atom. The van der Waals surface area contributed by atoms with E-state index in [9.17, 15) is 5.11 Å². The highest BCUT2D eigenvalue weighted by atomic mass is 16.3. The summed E-state index contributed by atoms with van der Waals surface area (Å²) in [4.78, 5) is 4.55. The summed E-state index contributed by atoms with van der Waals surface area (Å²) in [6.07, 6.45) is 6.87. The van der Waals surface area contributed by atoms with Gasteiger partial charge in [-0.2, -0.15) is 0 Å². The largest absolute Gasteiger partial charge is 0.396 e. The lowest BCUT2D eigenvalue weighted by molar-refractivity contribution is 0.118. The molecule has 0 amide bonds. The molecule has 0 saturated carbocycles. The summed E-state index contributed by atoms with van der Waals surface area (Å²) >= 11 is 0. The summed E-state index contributed by atoms with van der Waals surface area (Å²) in [6.45, 7) is 6.38. The fraction of sp³-hybridized carbons (Fsp3) is 0.923. The maximum Gasteiger partial charge on any atom is 0.0963 e. The molecule has 3 nitrogen and oxygen atoms in total. The quantitative estimate of drug-likeness (QED) is 0.756. The third-order valence-electron chi connectivity index (χ3n) is 3.88. The van der Waals surface area contributed by atoms with Gasteiger partial charge in [-0.1, -0.05) is 20.3 Å². The number of nitrogens with zero attached hydrogens (tertiary/aromatic N) is 1. The van der Waals surface area contributed by atoms with Crippen LogP contribution in [-0.2, 0) is 0 Å². The van der Waals surface area contributed by atoms with Crippen LogP contribution < -0.4 is 5.32 Å². The molecule has 1 aliphatic rings. The van der Waals surface area contributed by atoms with Gasteiger partial charge in [0.25, 0.3) is 0 Å². The Bertz CT molecular complexity index is 214. The molecule has 1 aliphatic heterocycles. The van der Waals surface area contributed by atoms with Gasteiger partial charge in [-0.25, -0.2) is 0 Å². The lowest BCUT2D eigenvalue weighted by Gasteiger charge is -2.30. The van der Waals surface area contributed by atoms with Crippen LogP contribution in [0.5, 0.6) is 0 Å². The average molecular weight is 226 g/mol. The van der Waals surface area contributed by atoms with Crippen molar-refractivity contribution in [1.29, 1.82) is 0 Å². The molecule has 0 saturated heterocycles. The van der Waals surface area contributed by atoms with Gasteiger partial charge in [0.15, 0.2) is 0 Å². The first kappa shape index (κ1) is 13.5. The molecule has 0 radical (unpaired) electrons. The SMILES string of the molecule is CCC(CC)(CO)CNC1=NCCCCC1. The second-order valence-electron chi connectivity index (χ2n) is 4.86. The zero-order valence-electron chi connectivity index (χ0n) is 10.8. The predicted molar refractivity (Wildman–Crippen MR) is 68.9 cm³/mol. The van der Waals surface area contributed by atoms with Crippen molar-refractivity contribution in [3.63, 3.8) is 0 Å². The van der Waals surface area contributed by atoms with Crippen LogP contribution in [0, 0.1) is 5.41 Å². The molecule has 0 atom stereocenters. The Balaban J connectivity index is 2.44. The molecular weight excluding hydrogens is 200 g/mol. The minimum Gasteiger partial charge on any atom is -0.396 e. The van der Waals surface area contributed by atoms with E-state index < -0.39 is 0 Å². The molecule has 0 spiro atoms. The van der Waals surface area contributed by atoms with Crippen LogP contribution in [0.2, 0.25) is 0 Å². The molecule has 1 heterocycles. The van der Waals surface area contributed by atoms with Gasteiger partial charge in [-0.15, -0.1) is 0 Å². The van der Waals surface area contributed by atoms with Gasteiger partial charge in [-0.3, -0.25) is 4.99 Å². The number of rotatable bonds is 5. The van der Waals surface area contributed by atoms with E-state index in [1.54, 1.807) is 0 Å². The average Bonchev–Trinajstić information content (AvgIpc) is 2.60. The molecular formula is C13H26N2O. The monoisotopic (exact) mass is 226 g/mol. The van der Waals surface area contributed by atoms with Crippen molar-refractivity contribution >= 4 is 5.84 Å². The van der Waals surface area contributed by atoms with Crippen molar-refractivity contribution in [1.82, 2.24) is 5.32 Å². The van der Waals surface area contributed by atoms with E-state index in [2.05, 4.69) is 24.2 Å². The number of nitrogens with one attached hydrogen (secondary N) is 1. The Morgan fingerprint density at radius 2 is 2.00 bits per heavy atom. The number of hydrogen-bond acceptors (Lipinski definition) is 3. The van der Waals surface area contributed by atoms with Crippen molar-refractivity contribution in [3.05, 3.63) is 0 Å². The summed E-state index contributed by atoms with van der Waals surface area (Å²) in [6, 6.07) is 0. The highest BCUT2D eigenvalue weighted by Crippen LogP contribution is 2.24. The number of hydrogen-bond donors (Lipinski definition) is 2. The van der Waals surface area contributed by atoms with Gasteiger partial charge >= 0.3 is 0 Å². The first-order chi connectivity index (χ1) is 7.76. The normalized spacial score (nSPS) is 17.8. The molecule has 2 N–H and O–H groups in total. The summed E-state index contributed by atoms with van der Waals surface area (Å²) < 4.78 is 0. The molecule has 0 unspecified atom stereocenters. The maximum absolute atomic E-state index is 9.48. The van der Waals surface area contributed by atoms with Gasteiger partial charge in [0.2, 0.25) is 0 Å². The Morgan fingerprint density at radius 3 is 2.62 bits per heavy atom. The molecule has 0 bridgehead atoms. The molecule has 16 heavy (non-hydrogen) atoms. The molecule has 94 valence electrons. The summed E-state index contributed by atoms with van der Waals surface area (Å²) in [5.41, 5.74) is 0.0365. The van der Waals surface area contributed by atoms with Gasteiger partial charge in [-0.05, 0) is 25.7 Å². The van der Waals surface area contributed by atoms with E-state index in [0.717, 1.165) is 38.2 Å². The maximum atomic E-state index is 9.48. The number of aliphatic hydroxyl groups is 1. The van der Waals surface area contributed by atoms with E-state index >= 15 is 0 Å². The molecule has 0 aromatic carbocycles. The standard InChI is InChI=1S/C13H26N2O/c1-3-13(4-2,11-16)10-15-12-8-6-5-7-9-14-12/h16H,3-11H2,1-2H3,(H,14,15). The minimum absolute atomic E-state index is 0.0365. The van der Waals surface area contributed by atoms with Crippen LogP contribution in [0.25, 0.3) is 0 Å². The van der Waals surface area contributed by atoms with Crippen LogP contribution in [0.3, 0.4) is 0 Å². The minimum atomic E-state index is 0.0365.